The average molecular weight is 266 g/mol. The van der Waals surface area contributed by atoms with Crippen LogP contribution in [0.1, 0.15) is 78.1 Å². The van der Waals surface area contributed by atoms with Gasteiger partial charge in [-0.15, -0.1) is 0 Å². The fraction of sp³-hybridized carbons (Fsp3) is 0.941. The minimum Gasteiger partial charge on any atom is -0.481 e. The monoisotopic (exact) mass is 266 g/mol. The number of carboxylic acids is 1. The van der Waals surface area contributed by atoms with E-state index in [1.165, 1.54) is 25.7 Å². The van der Waals surface area contributed by atoms with Gasteiger partial charge in [0.1, 0.15) is 0 Å². The zero-order valence-electron chi connectivity index (χ0n) is 12.7. The van der Waals surface area contributed by atoms with Crippen molar-refractivity contribution in [2.75, 3.05) is 0 Å². The molecule has 0 bridgehead atoms. The molecule has 0 spiro atoms. The second kappa shape index (κ2) is 6.28. The highest BCUT2D eigenvalue weighted by Crippen LogP contribution is 2.53. The summed E-state index contributed by atoms with van der Waals surface area (Å²) in [5.74, 6) is 1.25. The minimum atomic E-state index is -0.490. The Morgan fingerprint density at radius 2 is 1.84 bits per heavy atom. The van der Waals surface area contributed by atoms with Crippen LogP contribution in [-0.2, 0) is 4.79 Å². The number of carboxylic acid groups (broad SMARTS) is 1. The Balaban J connectivity index is 2.24. The summed E-state index contributed by atoms with van der Waals surface area (Å²) in [6.07, 6.45) is 11.5. The molecule has 2 rings (SSSR count). The Morgan fingerprint density at radius 3 is 2.47 bits per heavy atom. The van der Waals surface area contributed by atoms with Gasteiger partial charge in [0.15, 0.2) is 0 Å². The molecule has 2 heteroatoms. The maximum atomic E-state index is 12.1. The zero-order valence-corrected chi connectivity index (χ0v) is 12.7. The summed E-state index contributed by atoms with van der Waals surface area (Å²) in [4.78, 5) is 12.1. The summed E-state index contributed by atoms with van der Waals surface area (Å²) in [6, 6.07) is 0. The van der Waals surface area contributed by atoms with Crippen molar-refractivity contribution >= 4 is 5.97 Å². The van der Waals surface area contributed by atoms with E-state index in [4.69, 9.17) is 0 Å². The van der Waals surface area contributed by atoms with E-state index in [2.05, 4.69) is 13.8 Å². The van der Waals surface area contributed by atoms with Crippen molar-refractivity contribution in [3.63, 3.8) is 0 Å². The summed E-state index contributed by atoms with van der Waals surface area (Å²) in [5, 5.41) is 9.97. The fourth-order valence-corrected chi connectivity index (χ4v) is 4.89. The van der Waals surface area contributed by atoms with E-state index in [1.54, 1.807) is 0 Å². The van der Waals surface area contributed by atoms with Gasteiger partial charge in [-0.05, 0) is 37.0 Å². The highest BCUT2D eigenvalue weighted by Gasteiger charge is 2.50. The van der Waals surface area contributed by atoms with Crippen LogP contribution in [0.15, 0.2) is 0 Å². The summed E-state index contributed by atoms with van der Waals surface area (Å²) in [6.45, 7) is 4.47. The van der Waals surface area contributed by atoms with Gasteiger partial charge in [-0.2, -0.15) is 0 Å². The van der Waals surface area contributed by atoms with Gasteiger partial charge in [-0.25, -0.2) is 0 Å². The van der Waals surface area contributed by atoms with Crippen molar-refractivity contribution in [3.8, 4) is 0 Å². The minimum absolute atomic E-state index is 0.389. The second-order valence-corrected chi connectivity index (χ2v) is 6.89. The summed E-state index contributed by atoms with van der Waals surface area (Å²) in [7, 11) is 0. The number of rotatable bonds is 4. The van der Waals surface area contributed by atoms with Gasteiger partial charge >= 0.3 is 5.97 Å². The van der Waals surface area contributed by atoms with E-state index >= 15 is 0 Å². The summed E-state index contributed by atoms with van der Waals surface area (Å²) in [5.41, 5.74) is -0.389. The molecule has 0 amide bonds. The van der Waals surface area contributed by atoms with E-state index in [0.717, 1.165) is 38.5 Å². The van der Waals surface area contributed by atoms with Crippen LogP contribution in [0.25, 0.3) is 0 Å². The van der Waals surface area contributed by atoms with E-state index in [1.807, 2.05) is 0 Å². The topological polar surface area (TPSA) is 37.3 Å². The largest absolute Gasteiger partial charge is 0.481 e. The van der Waals surface area contributed by atoms with Crippen LogP contribution in [-0.4, -0.2) is 11.1 Å². The molecule has 0 aromatic heterocycles. The molecule has 0 heterocycles. The number of aliphatic carboxylic acids is 1. The van der Waals surface area contributed by atoms with Gasteiger partial charge in [0.05, 0.1) is 5.41 Å². The Labute approximate surface area is 118 Å². The summed E-state index contributed by atoms with van der Waals surface area (Å²) >= 11 is 0. The molecule has 2 aliphatic carbocycles. The fourth-order valence-electron chi connectivity index (χ4n) is 4.89. The van der Waals surface area contributed by atoms with Gasteiger partial charge in [0.2, 0.25) is 0 Å². The standard InChI is InChI=1S/C17H30O2/c1-3-13-8-7-11-17(12-13,16(18)19)15-10-6-5-9-14(15)4-2/h13-15H,3-12H2,1-2H3,(H,18,19). The third-order valence-electron chi connectivity index (χ3n) is 6.03. The molecule has 0 aliphatic heterocycles. The molecule has 19 heavy (non-hydrogen) atoms. The van der Waals surface area contributed by atoms with E-state index in [-0.39, 0.29) is 5.41 Å². The predicted octanol–water partition coefficient (Wildman–Crippen LogP) is 4.87. The Hall–Kier alpha value is -0.530. The summed E-state index contributed by atoms with van der Waals surface area (Å²) < 4.78 is 0. The number of carbonyl (C=O) groups is 1. The lowest BCUT2D eigenvalue weighted by atomic mass is 9.56. The molecule has 2 aliphatic rings. The Kier molecular flexibility index (Phi) is 4.92. The molecular weight excluding hydrogens is 236 g/mol. The van der Waals surface area contributed by atoms with Crippen LogP contribution < -0.4 is 0 Å². The predicted molar refractivity (Wildman–Crippen MR) is 78.1 cm³/mol. The molecule has 0 radical (unpaired) electrons. The molecule has 110 valence electrons. The molecule has 1 N–H and O–H groups in total. The Morgan fingerprint density at radius 1 is 1.11 bits per heavy atom. The molecule has 2 nitrogen and oxygen atoms in total. The molecule has 0 aromatic rings. The molecule has 2 fully saturated rings. The second-order valence-electron chi connectivity index (χ2n) is 6.89. The van der Waals surface area contributed by atoms with E-state index in [0.29, 0.717) is 17.8 Å². The van der Waals surface area contributed by atoms with Gasteiger partial charge in [0.25, 0.3) is 0 Å². The lowest BCUT2D eigenvalue weighted by Gasteiger charge is -2.47. The smallest absolute Gasteiger partial charge is 0.309 e. The lowest BCUT2D eigenvalue weighted by molar-refractivity contribution is -0.160. The van der Waals surface area contributed by atoms with Crippen LogP contribution >= 0.6 is 0 Å². The van der Waals surface area contributed by atoms with Crippen LogP contribution in [0.2, 0.25) is 0 Å². The lowest BCUT2D eigenvalue weighted by Crippen LogP contribution is -2.46. The molecular formula is C17H30O2. The molecule has 0 saturated heterocycles. The maximum Gasteiger partial charge on any atom is 0.309 e. The van der Waals surface area contributed by atoms with Crippen molar-refractivity contribution in [3.05, 3.63) is 0 Å². The van der Waals surface area contributed by atoms with Gasteiger partial charge in [0, 0.05) is 0 Å². The van der Waals surface area contributed by atoms with E-state index < -0.39 is 5.97 Å². The number of hydrogen-bond donors (Lipinski definition) is 1. The third kappa shape index (κ3) is 2.83. The first kappa shape index (κ1) is 14.9. The van der Waals surface area contributed by atoms with Crippen LogP contribution in [0.5, 0.6) is 0 Å². The normalized spacial score (nSPS) is 40.0. The van der Waals surface area contributed by atoms with Crippen molar-refractivity contribution in [1.82, 2.24) is 0 Å². The van der Waals surface area contributed by atoms with Crippen LogP contribution in [0.3, 0.4) is 0 Å². The van der Waals surface area contributed by atoms with Crippen molar-refractivity contribution in [2.24, 2.45) is 23.2 Å². The van der Waals surface area contributed by atoms with Gasteiger partial charge in [-0.3, -0.25) is 4.79 Å². The first-order chi connectivity index (χ1) is 9.14. The van der Waals surface area contributed by atoms with Crippen LogP contribution in [0.4, 0.5) is 0 Å². The average Bonchev–Trinajstić information content (AvgIpc) is 2.47. The van der Waals surface area contributed by atoms with E-state index in [9.17, 15) is 9.90 Å². The van der Waals surface area contributed by atoms with Crippen molar-refractivity contribution in [1.29, 1.82) is 0 Å². The number of hydrogen-bond acceptors (Lipinski definition) is 1. The Bertz CT molecular complexity index is 312. The highest BCUT2D eigenvalue weighted by molar-refractivity contribution is 5.75. The zero-order chi connectivity index (χ0) is 13.9. The first-order valence-electron chi connectivity index (χ1n) is 8.37. The first-order valence-corrected chi connectivity index (χ1v) is 8.37. The van der Waals surface area contributed by atoms with Crippen molar-refractivity contribution < 1.29 is 9.90 Å². The highest BCUT2D eigenvalue weighted by atomic mass is 16.4. The molecule has 2 saturated carbocycles. The SMILES string of the molecule is CCC1CCCC(C(=O)O)(C2CCCCC2CC)C1. The van der Waals surface area contributed by atoms with Gasteiger partial charge in [-0.1, -0.05) is 58.8 Å². The molecule has 4 unspecified atom stereocenters. The van der Waals surface area contributed by atoms with Crippen LogP contribution in [0, 0.1) is 23.2 Å². The third-order valence-corrected chi connectivity index (χ3v) is 6.03. The van der Waals surface area contributed by atoms with Crippen molar-refractivity contribution in [2.45, 2.75) is 78.1 Å². The van der Waals surface area contributed by atoms with Gasteiger partial charge < -0.3 is 5.11 Å². The molecule has 4 atom stereocenters. The quantitative estimate of drug-likeness (QED) is 0.788. The maximum absolute atomic E-state index is 12.1. The molecule has 0 aromatic carbocycles.